The highest BCUT2D eigenvalue weighted by Gasteiger charge is 2.39. The summed E-state index contributed by atoms with van der Waals surface area (Å²) in [6.07, 6.45) is 7.25. The van der Waals surface area contributed by atoms with Crippen LogP contribution in [0.5, 0.6) is 0 Å². The predicted octanol–water partition coefficient (Wildman–Crippen LogP) is 2.49. The summed E-state index contributed by atoms with van der Waals surface area (Å²) in [4.78, 5) is 2.89. The molecule has 0 radical (unpaired) electrons. The van der Waals surface area contributed by atoms with Crippen molar-refractivity contribution >= 4 is 0 Å². The van der Waals surface area contributed by atoms with E-state index in [9.17, 15) is 0 Å². The molecular formula is C15H28N2. The van der Waals surface area contributed by atoms with Gasteiger partial charge in [0.25, 0.3) is 0 Å². The van der Waals surface area contributed by atoms with Gasteiger partial charge in [-0.15, -0.1) is 0 Å². The first-order valence-corrected chi connectivity index (χ1v) is 7.72. The van der Waals surface area contributed by atoms with Crippen LogP contribution in [0.2, 0.25) is 0 Å². The molecule has 2 heteroatoms. The van der Waals surface area contributed by atoms with Crippen LogP contribution in [0.15, 0.2) is 0 Å². The molecule has 3 rings (SSSR count). The highest BCUT2D eigenvalue weighted by atomic mass is 15.2. The Hall–Kier alpha value is -0.0800. The van der Waals surface area contributed by atoms with Gasteiger partial charge in [0.15, 0.2) is 0 Å². The van der Waals surface area contributed by atoms with Gasteiger partial charge < -0.3 is 5.32 Å². The maximum Gasteiger partial charge on any atom is 0.0263 e. The summed E-state index contributed by atoms with van der Waals surface area (Å²) >= 11 is 0. The lowest BCUT2D eigenvalue weighted by atomic mass is 9.77. The molecule has 98 valence electrons. The summed E-state index contributed by atoms with van der Waals surface area (Å²) in [6.45, 7) is 8.81. The average Bonchev–Trinajstić information content (AvgIpc) is 2.80. The van der Waals surface area contributed by atoms with Crippen molar-refractivity contribution in [2.24, 2.45) is 17.8 Å². The second-order valence-corrected chi connectivity index (χ2v) is 6.79. The van der Waals surface area contributed by atoms with Crippen molar-refractivity contribution in [2.75, 3.05) is 19.6 Å². The first-order chi connectivity index (χ1) is 8.25. The van der Waals surface area contributed by atoms with Crippen LogP contribution in [0, 0.1) is 17.8 Å². The van der Waals surface area contributed by atoms with Gasteiger partial charge in [0.05, 0.1) is 0 Å². The Bertz CT molecular complexity index is 266. The molecule has 1 N–H and O–H groups in total. The molecule has 1 saturated carbocycles. The van der Waals surface area contributed by atoms with Crippen molar-refractivity contribution in [1.29, 1.82) is 0 Å². The molecule has 5 atom stereocenters. The SMILES string of the molecule is CC1CCC(N2CCCC3CNCC32)CC1C. The number of hydrogen-bond acceptors (Lipinski definition) is 2. The summed E-state index contributed by atoms with van der Waals surface area (Å²) in [5.74, 6) is 2.84. The van der Waals surface area contributed by atoms with Gasteiger partial charge in [-0.25, -0.2) is 0 Å². The van der Waals surface area contributed by atoms with E-state index in [0.717, 1.165) is 29.8 Å². The van der Waals surface area contributed by atoms with Gasteiger partial charge in [0.2, 0.25) is 0 Å². The molecule has 0 aromatic rings. The molecule has 2 heterocycles. The normalized spacial score (nSPS) is 48.0. The van der Waals surface area contributed by atoms with Crippen molar-refractivity contribution in [3.8, 4) is 0 Å². The summed E-state index contributed by atoms with van der Waals surface area (Å²) in [6, 6.07) is 1.77. The molecule has 3 fully saturated rings. The van der Waals surface area contributed by atoms with E-state index in [-0.39, 0.29) is 0 Å². The number of piperidine rings is 1. The quantitative estimate of drug-likeness (QED) is 0.752. The second-order valence-electron chi connectivity index (χ2n) is 6.79. The number of rotatable bonds is 1. The second kappa shape index (κ2) is 4.89. The van der Waals surface area contributed by atoms with E-state index in [1.54, 1.807) is 0 Å². The minimum Gasteiger partial charge on any atom is -0.315 e. The Balaban J connectivity index is 1.66. The monoisotopic (exact) mass is 236 g/mol. The lowest BCUT2D eigenvalue weighted by molar-refractivity contribution is 0.0364. The average molecular weight is 236 g/mol. The minimum atomic E-state index is 0.870. The minimum absolute atomic E-state index is 0.870. The van der Waals surface area contributed by atoms with Crippen LogP contribution in [0.25, 0.3) is 0 Å². The molecule has 5 unspecified atom stereocenters. The lowest BCUT2D eigenvalue weighted by Gasteiger charge is -2.46. The Morgan fingerprint density at radius 1 is 1.00 bits per heavy atom. The zero-order chi connectivity index (χ0) is 11.8. The van der Waals surface area contributed by atoms with Crippen LogP contribution in [0.4, 0.5) is 0 Å². The van der Waals surface area contributed by atoms with E-state index in [4.69, 9.17) is 0 Å². The Kier molecular flexibility index (Phi) is 3.45. The predicted molar refractivity (Wildman–Crippen MR) is 72.1 cm³/mol. The fourth-order valence-electron chi connectivity index (χ4n) is 4.38. The molecule has 17 heavy (non-hydrogen) atoms. The maximum absolute atomic E-state index is 3.61. The fourth-order valence-corrected chi connectivity index (χ4v) is 4.38. The zero-order valence-electron chi connectivity index (χ0n) is 11.5. The third-order valence-corrected chi connectivity index (χ3v) is 5.76. The topological polar surface area (TPSA) is 15.3 Å². The molecule has 2 nitrogen and oxygen atoms in total. The molecule has 0 aromatic carbocycles. The first-order valence-electron chi connectivity index (χ1n) is 7.72. The third kappa shape index (κ3) is 2.26. The van der Waals surface area contributed by atoms with Gasteiger partial charge in [0, 0.05) is 18.6 Å². The van der Waals surface area contributed by atoms with Gasteiger partial charge >= 0.3 is 0 Å². The molecule has 0 amide bonds. The van der Waals surface area contributed by atoms with Crippen LogP contribution in [0.1, 0.15) is 46.0 Å². The first kappa shape index (κ1) is 12.0. The molecule has 0 spiro atoms. The smallest absolute Gasteiger partial charge is 0.0263 e. The van der Waals surface area contributed by atoms with E-state index in [0.29, 0.717) is 0 Å². The number of nitrogens with one attached hydrogen (secondary N) is 1. The summed E-state index contributed by atoms with van der Waals surface area (Å²) in [7, 11) is 0. The fraction of sp³-hybridized carbons (Fsp3) is 1.00. The van der Waals surface area contributed by atoms with Crippen LogP contribution in [-0.2, 0) is 0 Å². The summed E-state index contributed by atoms with van der Waals surface area (Å²) in [5, 5.41) is 3.61. The van der Waals surface area contributed by atoms with Crippen molar-refractivity contribution in [2.45, 2.75) is 58.0 Å². The number of nitrogens with zero attached hydrogens (tertiary/aromatic N) is 1. The van der Waals surface area contributed by atoms with E-state index >= 15 is 0 Å². The molecule has 2 saturated heterocycles. The standard InChI is InChI=1S/C15H28N2/c1-11-5-6-14(8-12(11)2)17-7-3-4-13-9-16-10-15(13)17/h11-16H,3-10H2,1-2H3. The van der Waals surface area contributed by atoms with Crippen LogP contribution >= 0.6 is 0 Å². The maximum atomic E-state index is 3.61. The molecule has 2 aliphatic heterocycles. The molecule has 0 aromatic heterocycles. The molecule has 3 aliphatic rings. The Morgan fingerprint density at radius 3 is 2.71 bits per heavy atom. The van der Waals surface area contributed by atoms with Crippen molar-refractivity contribution in [3.05, 3.63) is 0 Å². The zero-order valence-corrected chi connectivity index (χ0v) is 11.5. The van der Waals surface area contributed by atoms with E-state index in [1.807, 2.05) is 0 Å². The molecule has 0 bridgehead atoms. The largest absolute Gasteiger partial charge is 0.315 e. The van der Waals surface area contributed by atoms with Crippen molar-refractivity contribution in [1.82, 2.24) is 10.2 Å². The Labute approximate surface area is 106 Å². The van der Waals surface area contributed by atoms with Gasteiger partial charge in [-0.3, -0.25) is 4.90 Å². The highest BCUT2D eigenvalue weighted by molar-refractivity contribution is 4.96. The lowest BCUT2D eigenvalue weighted by Crippen LogP contribution is -2.52. The van der Waals surface area contributed by atoms with E-state index in [1.165, 1.54) is 51.7 Å². The van der Waals surface area contributed by atoms with Crippen molar-refractivity contribution in [3.63, 3.8) is 0 Å². The van der Waals surface area contributed by atoms with E-state index in [2.05, 4.69) is 24.1 Å². The number of fused-ring (bicyclic) bond motifs is 1. The van der Waals surface area contributed by atoms with Gasteiger partial charge in [0.1, 0.15) is 0 Å². The number of hydrogen-bond donors (Lipinski definition) is 1. The van der Waals surface area contributed by atoms with Crippen LogP contribution < -0.4 is 5.32 Å². The Morgan fingerprint density at radius 2 is 1.88 bits per heavy atom. The van der Waals surface area contributed by atoms with Crippen LogP contribution in [-0.4, -0.2) is 36.6 Å². The highest BCUT2D eigenvalue weighted by Crippen LogP contribution is 2.36. The third-order valence-electron chi connectivity index (χ3n) is 5.76. The summed E-state index contributed by atoms with van der Waals surface area (Å²) < 4.78 is 0. The van der Waals surface area contributed by atoms with Gasteiger partial charge in [-0.1, -0.05) is 13.8 Å². The van der Waals surface area contributed by atoms with Gasteiger partial charge in [-0.05, 0) is 62.9 Å². The van der Waals surface area contributed by atoms with Crippen LogP contribution in [0.3, 0.4) is 0 Å². The summed E-state index contributed by atoms with van der Waals surface area (Å²) in [5.41, 5.74) is 0. The molecular weight excluding hydrogens is 208 g/mol. The number of likely N-dealkylation sites (tertiary alicyclic amines) is 1. The molecule has 1 aliphatic carbocycles. The van der Waals surface area contributed by atoms with Crippen molar-refractivity contribution < 1.29 is 0 Å². The van der Waals surface area contributed by atoms with E-state index < -0.39 is 0 Å². The van der Waals surface area contributed by atoms with Gasteiger partial charge in [-0.2, -0.15) is 0 Å².